The molecule has 1 amide bonds. The second kappa shape index (κ2) is 8.13. The molecule has 0 radical (unpaired) electrons. The van der Waals surface area contributed by atoms with Crippen molar-refractivity contribution >= 4 is 15.9 Å². The highest BCUT2D eigenvalue weighted by Crippen LogP contribution is 2.16. The van der Waals surface area contributed by atoms with E-state index in [1.807, 2.05) is 31.2 Å². The monoisotopic (exact) mass is 362 g/mol. The predicted molar refractivity (Wildman–Crippen MR) is 96.3 cm³/mol. The zero-order valence-electron chi connectivity index (χ0n) is 14.5. The van der Waals surface area contributed by atoms with Gasteiger partial charge in [0.15, 0.2) is 0 Å². The van der Waals surface area contributed by atoms with E-state index in [0.29, 0.717) is 18.7 Å². The first kappa shape index (κ1) is 19.0. The number of carbonyl (C=O) groups is 1. The van der Waals surface area contributed by atoms with Gasteiger partial charge in [0.05, 0.1) is 11.4 Å². The third-order valence-corrected chi connectivity index (χ3v) is 5.46. The van der Waals surface area contributed by atoms with Crippen molar-refractivity contribution in [1.82, 2.24) is 9.62 Å². The van der Waals surface area contributed by atoms with Crippen LogP contribution in [0.3, 0.4) is 0 Å². The Bertz CT molecular complexity index is 830. The summed E-state index contributed by atoms with van der Waals surface area (Å²) >= 11 is 0. The summed E-state index contributed by atoms with van der Waals surface area (Å²) in [5, 5.41) is 2.75. The van der Waals surface area contributed by atoms with Crippen LogP contribution in [0.15, 0.2) is 53.4 Å². The van der Waals surface area contributed by atoms with Gasteiger partial charge in [-0.15, -0.1) is 0 Å². The van der Waals surface area contributed by atoms with Gasteiger partial charge in [-0.25, -0.2) is 12.7 Å². The van der Waals surface area contributed by atoms with Crippen molar-refractivity contribution in [3.8, 4) is 5.75 Å². The Balaban J connectivity index is 1.88. The number of ether oxygens (including phenoxy) is 1. The number of amides is 1. The van der Waals surface area contributed by atoms with Crippen LogP contribution < -0.4 is 10.1 Å². The molecule has 0 unspecified atom stereocenters. The van der Waals surface area contributed by atoms with E-state index in [9.17, 15) is 13.2 Å². The Kier molecular flexibility index (Phi) is 6.17. The van der Waals surface area contributed by atoms with Crippen LogP contribution in [0.4, 0.5) is 0 Å². The maximum atomic E-state index is 12.1. The van der Waals surface area contributed by atoms with Gasteiger partial charge in [0, 0.05) is 19.7 Å². The number of para-hydroxylation sites is 1. The Morgan fingerprint density at radius 3 is 2.32 bits per heavy atom. The second-order valence-electron chi connectivity index (χ2n) is 5.68. The Hall–Kier alpha value is -2.38. The minimum Gasteiger partial charge on any atom is -0.491 e. The van der Waals surface area contributed by atoms with Gasteiger partial charge in [-0.2, -0.15) is 0 Å². The van der Waals surface area contributed by atoms with Crippen LogP contribution in [0.1, 0.15) is 15.9 Å². The zero-order chi connectivity index (χ0) is 18.4. The van der Waals surface area contributed by atoms with Gasteiger partial charge < -0.3 is 10.1 Å². The molecular formula is C18H22N2O4S. The standard InChI is InChI=1S/C18H22N2O4S/c1-14-6-4-5-7-17(14)24-13-12-19-18(21)15-8-10-16(11-9-15)25(22,23)20(2)3/h4-11H,12-13H2,1-3H3,(H,19,21). The summed E-state index contributed by atoms with van der Waals surface area (Å²) in [6.07, 6.45) is 0. The van der Waals surface area contributed by atoms with Crippen LogP contribution >= 0.6 is 0 Å². The normalized spacial score (nSPS) is 11.4. The van der Waals surface area contributed by atoms with E-state index < -0.39 is 10.0 Å². The molecule has 0 saturated heterocycles. The summed E-state index contributed by atoms with van der Waals surface area (Å²) in [5.41, 5.74) is 1.43. The molecule has 0 heterocycles. The molecule has 0 aliphatic carbocycles. The van der Waals surface area contributed by atoms with Crippen molar-refractivity contribution < 1.29 is 17.9 Å². The summed E-state index contributed by atoms with van der Waals surface area (Å²) in [5.74, 6) is 0.511. The number of rotatable bonds is 7. The molecule has 25 heavy (non-hydrogen) atoms. The van der Waals surface area contributed by atoms with Crippen LogP contribution in [0.5, 0.6) is 5.75 Å². The van der Waals surface area contributed by atoms with E-state index in [-0.39, 0.29) is 10.8 Å². The first-order chi connectivity index (χ1) is 11.8. The van der Waals surface area contributed by atoms with E-state index in [2.05, 4.69) is 5.32 Å². The van der Waals surface area contributed by atoms with Gasteiger partial charge in [0.1, 0.15) is 12.4 Å². The van der Waals surface area contributed by atoms with Crippen LogP contribution in [0, 0.1) is 6.92 Å². The van der Waals surface area contributed by atoms with Gasteiger partial charge in [-0.05, 0) is 42.8 Å². The molecule has 2 aromatic carbocycles. The van der Waals surface area contributed by atoms with E-state index in [0.717, 1.165) is 15.6 Å². The van der Waals surface area contributed by atoms with Crippen molar-refractivity contribution in [2.45, 2.75) is 11.8 Å². The quantitative estimate of drug-likeness (QED) is 0.765. The lowest BCUT2D eigenvalue weighted by molar-refractivity contribution is 0.0947. The van der Waals surface area contributed by atoms with Gasteiger partial charge >= 0.3 is 0 Å². The maximum Gasteiger partial charge on any atom is 0.251 e. The third kappa shape index (κ3) is 4.80. The van der Waals surface area contributed by atoms with Crippen LogP contribution in [0.25, 0.3) is 0 Å². The Morgan fingerprint density at radius 1 is 1.08 bits per heavy atom. The molecule has 0 atom stereocenters. The van der Waals surface area contributed by atoms with E-state index in [4.69, 9.17) is 4.74 Å². The summed E-state index contributed by atoms with van der Waals surface area (Å²) < 4.78 is 30.7. The number of carbonyl (C=O) groups excluding carboxylic acids is 1. The number of nitrogens with one attached hydrogen (secondary N) is 1. The van der Waals surface area contributed by atoms with Gasteiger partial charge in [-0.1, -0.05) is 18.2 Å². The van der Waals surface area contributed by atoms with Gasteiger partial charge in [-0.3, -0.25) is 4.79 Å². The average Bonchev–Trinajstić information content (AvgIpc) is 2.60. The molecule has 1 N–H and O–H groups in total. The largest absolute Gasteiger partial charge is 0.491 e. The molecule has 2 rings (SSSR count). The summed E-state index contributed by atoms with van der Waals surface area (Å²) in [6, 6.07) is 13.5. The van der Waals surface area contributed by atoms with Crippen molar-refractivity contribution in [1.29, 1.82) is 0 Å². The highest BCUT2D eigenvalue weighted by Gasteiger charge is 2.17. The van der Waals surface area contributed by atoms with Crippen LogP contribution in [-0.4, -0.2) is 45.9 Å². The van der Waals surface area contributed by atoms with Crippen LogP contribution in [0.2, 0.25) is 0 Å². The summed E-state index contributed by atoms with van der Waals surface area (Å²) in [7, 11) is -0.568. The SMILES string of the molecule is Cc1ccccc1OCCNC(=O)c1ccc(S(=O)(=O)N(C)C)cc1. The van der Waals surface area contributed by atoms with Crippen molar-refractivity contribution in [2.24, 2.45) is 0 Å². The average molecular weight is 362 g/mol. The molecule has 0 aliphatic heterocycles. The minimum absolute atomic E-state index is 0.150. The summed E-state index contributed by atoms with van der Waals surface area (Å²) in [6.45, 7) is 2.66. The number of nitrogens with zero attached hydrogens (tertiary/aromatic N) is 1. The van der Waals surface area contributed by atoms with E-state index in [1.54, 1.807) is 0 Å². The zero-order valence-corrected chi connectivity index (χ0v) is 15.3. The fraction of sp³-hybridized carbons (Fsp3) is 0.278. The fourth-order valence-corrected chi connectivity index (χ4v) is 3.04. The lowest BCUT2D eigenvalue weighted by Gasteiger charge is -2.12. The first-order valence-corrected chi connectivity index (χ1v) is 9.25. The van der Waals surface area contributed by atoms with Crippen molar-refractivity contribution in [3.63, 3.8) is 0 Å². The molecule has 2 aromatic rings. The lowest BCUT2D eigenvalue weighted by atomic mass is 10.2. The second-order valence-corrected chi connectivity index (χ2v) is 7.83. The molecule has 0 saturated carbocycles. The summed E-state index contributed by atoms with van der Waals surface area (Å²) in [4.78, 5) is 12.2. The molecule has 0 bridgehead atoms. The molecule has 0 aliphatic rings. The van der Waals surface area contributed by atoms with Crippen LogP contribution in [-0.2, 0) is 10.0 Å². The predicted octanol–water partition coefficient (Wildman–Crippen LogP) is 2.05. The highest BCUT2D eigenvalue weighted by atomic mass is 32.2. The molecule has 7 heteroatoms. The molecule has 134 valence electrons. The topological polar surface area (TPSA) is 75.7 Å². The van der Waals surface area contributed by atoms with E-state index >= 15 is 0 Å². The Labute approximate surface area is 148 Å². The van der Waals surface area contributed by atoms with Gasteiger partial charge in [0.2, 0.25) is 10.0 Å². The molecule has 6 nitrogen and oxygen atoms in total. The molecule has 0 fully saturated rings. The maximum absolute atomic E-state index is 12.1. The number of sulfonamides is 1. The molecule has 0 spiro atoms. The minimum atomic E-state index is -3.49. The number of benzene rings is 2. The third-order valence-electron chi connectivity index (χ3n) is 3.63. The van der Waals surface area contributed by atoms with Gasteiger partial charge in [0.25, 0.3) is 5.91 Å². The number of hydrogen-bond donors (Lipinski definition) is 1. The van der Waals surface area contributed by atoms with E-state index in [1.165, 1.54) is 38.4 Å². The van der Waals surface area contributed by atoms with Crippen molar-refractivity contribution in [2.75, 3.05) is 27.2 Å². The molecular weight excluding hydrogens is 340 g/mol. The molecule has 0 aromatic heterocycles. The number of aryl methyl sites for hydroxylation is 1. The smallest absolute Gasteiger partial charge is 0.251 e. The fourth-order valence-electron chi connectivity index (χ4n) is 2.14. The highest BCUT2D eigenvalue weighted by molar-refractivity contribution is 7.89. The number of hydrogen-bond acceptors (Lipinski definition) is 4. The lowest BCUT2D eigenvalue weighted by Crippen LogP contribution is -2.28. The Morgan fingerprint density at radius 2 is 1.72 bits per heavy atom. The first-order valence-electron chi connectivity index (χ1n) is 7.81. The van der Waals surface area contributed by atoms with Crippen molar-refractivity contribution in [3.05, 3.63) is 59.7 Å².